The van der Waals surface area contributed by atoms with Crippen molar-refractivity contribution >= 4 is 15.9 Å². The highest BCUT2D eigenvalue weighted by Crippen LogP contribution is 2.13. The maximum atomic E-state index is 10.6. The van der Waals surface area contributed by atoms with E-state index in [1.54, 1.807) is 0 Å². The lowest BCUT2D eigenvalue weighted by atomic mass is 10.2. The molecule has 0 aromatic carbocycles. The fraction of sp³-hybridized carbons (Fsp3) is 0.429. The summed E-state index contributed by atoms with van der Waals surface area (Å²) in [5.41, 5.74) is -0.101. The maximum absolute atomic E-state index is 10.6. The fourth-order valence-corrected chi connectivity index (χ4v) is 1.15. The molecule has 13 heavy (non-hydrogen) atoms. The molecule has 0 saturated heterocycles. The van der Waals surface area contributed by atoms with Gasteiger partial charge in [-0.05, 0) is 0 Å². The van der Waals surface area contributed by atoms with Crippen LogP contribution in [0.2, 0.25) is 0 Å². The standard InChI is InChI=1S/C7H9BrN2O3/c8-1-5(11)7(13)4-2-10-6(12)3-9-4/h2-3,5,7,11,13H,1H2,(H,10,12). The molecule has 6 heteroatoms. The molecule has 1 heterocycles. The van der Waals surface area contributed by atoms with Gasteiger partial charge in [-0.25, -0.2) is 0 Å². The molecule has 0 saturated carbocycles. The number of H-pyrrole nitrogens is 1. The quantitative estimate of drug-likeness (QED) is 0.634. The van der Waals surface area contributed by atoms with Gasteiger partial charge in [0.25, 0.3) is 5.56 Å². The fourth-order valence-electron chi connectivity index (χ4n) is 0.796. The minimum absolute atomic E-state index is 0.242. The van der Waals surface area contributed by atoms with Crippen LogP contribution in [0.1, 0.15) is 11.8 Å². The van der Waals surface area contributed by atoms with Crippen molar-refractivity contribution in [1.82, 2.24) is 9.97 Å². The molecule has 0 fully saturated rings. The number of aliphatic hydroxyl groups is 2. The van der Waals surface area contributed by atoms with Gasteiger partial charge in [-0.1, -0.05) is 15.9 Å². The molecular formula is C7H9BrN2O3. The lowest BCUT2D eigenvalue weighted by Crippen LogP contribution is -2.21. The molecule has 72 valence electrons. The highest BCUT2D eigenvalue weighted by atomic mass is 79.9. The van der Waals surface area contributed by atoms with E-state index < -0.39 is 12.2 Å². The number of rotatable bonds is 3. The Morgan fingerprint density at radius 1 is 1.62 bits per heavy atom. The average molecular weight is 249 g/mol. The van der Waals surface area contributed by atoms with Gasteiger partial charge >= 0.3 is 0 Å². The van der Waals surface area contributed by atoms with Crippen LogP contribution in [-0.2, 0) is 0 Å². The maximum Gasteiger partial charge on any atom is 0.266 e. The first-order chi connectivity index (χ1) is 6.15. The van der Waals surface area contributed by atoms with Crippen LogP contribution in [-0.4, -0.2) is 31.6 Å². The SMILES string of the molecule is O=c1cnc(C(O)C(O)CBr)c[nH]1. The normalized spacial score (nSPS) is 15.3. The molecule has 1 aromatic rings. The van der Waals surface area contributed by atoms with E-state index in [1.165, 1.54) is 6.20 Å². The Kier molecular flexibility index (Phi) is 3.58. The Labute approximate surface area is 82.6 Å². The smallest absolute Gasteiger partial charge is 0.266 e. The van der Waals surface area contributed by atoms with Gasteiger partial charge in [-0.2, -0.15) is 0 Å². The van der Waals surface area contributed by atoms with E-state index in [1.807, 2.05) is 0 Å². The molecule has 0 bridgehead atoms. The van der Waals surface area contributed by atoms with E-state index in [-0.39, 0.29) is 16.6 Å². The van der Waals surface area contributed by atoms with Crippen LogP contribution < -0.4 is 5.56 Å². The minimum Gasteiger partial charge on any atom is -0.389 e. The average Bonchev–Trinajstić information content (AvgIpc) is 2.17. The number of halogens is 1. The van der Waals surface area contributed by atoms with Crippen molar-refractivity contribution in [2.24, 2.45) is 0 Å². The summed E-state index contributed by atoms with van der Waals surface area (Å²) in [5.74, 6) is 0. The van der Waals surface area contributed by atoms with Crippen molar-refractivity contribution in [1.29, 1.82) is 0 Å². The molecule has 0 aliphatic rings. The second-order valence-electron chi connectivity index (χ2n) is 2.50. The molecular weight excluding hydrogens is 240 g/mol. The van der Waals surface area contributed by atoms with Gasteiger partial charge in [-0.3, -0.25) is 9.78 Å². The number of aliphatic hydroxyl groups excluding tert-OH is 2. The van der Waals surface area contributed by atoms with Crippen LogP contribution in [0.4, 0.5) is 0 Å². The molecule has 2 unspecified atom stereocenters. The summed E-state index contributed by atoms with van der Waals surface area (Å²) in [6.45, 7) is 0. The summed E-state index contributed by atoms with van der Waals surface area (Å²) in [6, 6.07) is 0. The van der Waals surface area contributed by atoms with Crippen molar-refractivity contribution in [3.63, 3.8) is 0 Å². The second-order valence-corrected chi connectivity index (χ2v) is 3.15. The van der Waals surface area contributed by atoms with E-state index in [2.05, 4.69) is 25.9 Å². The van der Waals surface area contributed by atoms with E-state index >= 15 is 0 Å². The molecule has 0 spiro atoms. The number of hydrogen-bond donors (Lipinski definition) is 3. The zero-order valence-electron chi connectivity index (χ0n) is 6.64. The van der Waals surface area contributed by atoms with E-state index in [0.717, 1.165) is 6.20 Å². The summed E-state index contributed by atoms with van der Waals surface area (Å²) in [7, 11) is 0. The molecule has 1 aromatic heterocycles. The third-order valence-electron chi connectivity index (χ3n) is 1.52. The van der Waals surface area contributed by atoms with Crippen LogP contribution in [0.5, 0.6) is 0 Å². The number of hydrogen-bond acceptors (Lipinski definition) is 4. The predicted molar refractivity (Wildman–Crippen MR) is 49.6 cm³/mol. The zero-order valence-corrected chi connectivity index (χ0v) is 8.23. The Balaban J connectivity index is 2.83. The van der Waals surface area contributed by atoms with Gasteiger partial charge in [-0.15, -0.1) is 0 Å². The Morgan fingerprint density at radius 2 is 2.31 bits per heavy atom. The first-order valence-electron chi connectivity index (χ1n) is 3.62. The first-order valence-corrected chi connectivity index (χ1v) is 4.74. The Morgan fingerprint density at radius 3 is 2.77 bits per heavy atom. The summed E-state index contributed by atoms with van der Waals surface area (Å²) in [5, 5.41) is 18.9. The van der Waals surface area contributed by atoms with Crippen molar-refractivity contribution in [3.05, 3.63) is 28.4 Å². The number of nitrogens with zero attached hydrogens (tertiary/aromatic N) is 1. The van der Waals surface area contributed by atoms with E-state index in [4.69, 9.17) is 0 Å². The van der Waals surface area contributed by atoms with Gasteiger partial charge < -0.3 is 15.2 Å². The van der Waals surface area contributed by atoms with E-state index in [0.29, 0.717) is 0 Å². The summed E-state index contributed by atoms with van der Waals surface area (Å²) >= 11 is 3.02. The molecule has 5 nitrogen and oxygen atoms in total. The predicted octanol–water partition coefficient (Wildman–Crippen LogP) is -0.441. The van der Waals surface area contributed by atoms with Crippen molar-refractivity contribution in [2.45, 2.75) is 12.2 Å². The summed E-state index contributed by atoms with van der Waals surface area (Å²) in [6.07, 6.45) is 0.313. The van der Waals surface area contributed by atoms with Crippen LogP contribution in [0.15, 0.2) is 17.2 Å². The third-order valence-corrected chi connectivity index (χ3v) is 2.18. The van der Waals surface area contributed by atoms with Crippen LogP contribution in [0.25, 0.3) is 0 Å². The number of aromatic nitrogens is 2. The molecule has 0 aliphatic carbocycles. The van der Waals surface area contributed by atoms with Gasteiger partial charge in [0.05, 0.1) is 18.0 Å². The lowest BCUT2D eigenvalue weighted by molar-refractivity contribution is 0.0312. The highest BCUT2D eigenvalue weighted by molar-refractivity contribution is 9.09. The molecule has 0 aliphatic heterocycles. The molecule has 0 amide bonds. The Hall–Kier alpha value is -0.720. The van der Waals surface area contributed by atoms with Gasteiger partial charge in [0.1, 0.15) is 6.10 Å². The van der Waals surface area contributed by atoms with Crippen molar-refractivity contribution in [2.75, 3.05) is 5.33 Å². The van der Waals surface area contributed by atoms with Crippen LogP contribution >= 0.6 is 15.9 Å². The Bertz CT molecular complexity index is 307. The van der Waals surface area contributed by atoms with Crippen molar-refractivity contribution < 1.29 is 10.2 Å². The summed E-state index contributed by atoms with van der Waals surface area (Å²) in [4.78, 5) is 16.6. The molecule has 0 radical (unpaired) electrons. The van der Waals surface area contributed by atoms with E-state index in [9.17, 15) is 15.0 Å². The minimum atomic E-state index is -1.09. The summed E-state index contributed by atoms with van der Waals surface area (Å²) < 4.78 is 0. The molecule has 2 atom stereocenters. The van der Waals surface area contributed by atoms with Crippen LogP contribution in [0.3, 0.4) is 0 Å². The first kappa shape index (κ1) is 10.4. The monoisotopic (exact) mass is 248 g/mol. The largest absolute Gasteiger partial charge is 0.389 e. The topological polar surface area (TPSA) is 86.2 Å². The second kappa shape index (κ2) is 4.50. The third kappa shape index (κ3) is 2.61. The van der Waals surface area contributed by atoms with Crippen LogP contribution in [0, 0.1) is 0 Å². The van der Waals surface area contributed by atoms with Gasteiger partial charge in [0, 0.05) is 11.5 Å². The lowest BCUT2D eigenvalue weighted by Gasteiger charge is -2.13. The van der Waals surface area contributed by atoms with Gasteiger partial charge in [0.2, 0.25) is 0 Å². The van der Waals surface area contributed by atoms with Gasteiger partial charge in [0.15, 0.2) is 0 Å². The van der Waals surface area contributed by atoms with Crippen molar-refractivity contribution in [3.8, 4) is 0 Å². The number of aromatic amines is 1. The number of nitrogens with one attached hydrogen (secondary N) is 1. The molecule has 3 N–H and O–H groups in total. The zero-order chi connectivity index (χ0) is 9.84. The highest BCUT2D eigenvalue weighted by Gasteiger charge is 2.18. The molecule has 1 rings (SSSR count). The number of alkyl halides is 1.